The van der Waals surface area contributed by atoms with E-state index in [0.29, 0.717) is 22.9 Å². The topological polar surface area (TPSA) is 72.6 Å². The summed E-state index contributed by atoms with van der Waals surface area (Å²) in [6.45, 7) is 1.82. The number of benzene rings is 2. The number of ether oxygens (including phenoxy) is 1. The zero-order chi connectivity index (χ0) is 20.3. The fourth-order valence-electron chi connectivity index (χ4n) is 3.64. The van der Waals surface area contributed by atoms with Crippen molar-refractivity contribution in [3.63, 3.8) is 0 Å². The summed E-state index contributed by atoms with van der Waals surface area (Å²) in [6, 6.07) is 13.2. The van der Waals surface area contributed by atoms with Crippen LogP contribution in [0.15, 0.2) is 48.5 Å². The van der Waals surface area contributed by atoms with E-state index < -0.39 is 24.1 Å². The maximum absolute atomic E-state index is 12.9. The van der Waals surface area contributed by atoms with Crippen LogP contribution < -0.4 is 5.73 Å². The van der Waals surface area contributed by atoms with Crippen LogP contribution in [0, 0.1) is 0 Å². The van der Waals surface area contributed by atoms with Crippen molar-refractivity contribution in [2.45, 2.75) is 38.0 Å². The Labute approximate surface area is 174 Å². The molecule has 2 N–H and O–H groups in total. The molecule has 1 aliphatic rings. The molecule has 2 amide bonds. The maximum Gasteiger partial charge on any atom is 0.249 e. The van der Waals surface area contributed by atoms with Gasteiger partial charge in [-0.1, -0.05) is 60.8 Å². The van der Waals surface area contributed by atoms with Gasteiger partial charge in [-0.3, -0.25) is 9.59 Å². The number of hydrogen-bond acceptors (Lipinski definition) is 3. The van der Waals surface area contributed by atoms with E-state index in [9.17, 15) is 9.59 Å². The number of hydrogen-bond donors (Lipinski definition) is 1. The van der Waals surface area contributed by atoms with E-state index in [1.54, 1.807) is 23.1 Å². The highest BCUT2D eigenvalue weighted by Gasteiger charge is 2.43. The summed E-state index contributed by atoms with van der Waals surface area (Å²) in [7, 11) is 0. The molecule has 0 bridgehead atoms. The van der Waals surface area contributed by atoms with Crippen molar-refractivity contribution in [1.82, 2.24) is 4.90 Å². The predicted octanol–water partition coefficient (Wildman–Crippen LogP) is 4.29. The number of nitrogens with zero attached hydrogens (tertiary/aromatic N) is 1. The molecule has 7 heteroatoms. The first-order chi connectivity index (χ1) is 13.4. The van der Waals surface area contributed by atoms with Crippen molar-refractivity contribution in [2.75, 3.05) is 6.61 Å². The van der Waals surface area contributed by atoms with E-state index in [1.165, 1.54) is 0 Å². The van der Waals surface area contributed by atoms with Crippen LogP contribution in [0.5, 0.6) is 0 Å². The SMILES string of the molecule is CCC[C@@H](C(N)=O)N1C(=O)CO[C@@H](c2cccc(Cl)c2)[C@H]1c1ccc(Cl)cc1. The van der Waals surface area contributed by atoms with Crippen LogP contribution in [0.25, 0.3) is 0 Å². The van der Waals surface area contributed by atoms with E-state index in [2.05, 4.69) is 0 Å². The molecule has 0 radical (unpaired) electrons. The number of nitrogens with two attached hydrogens (primary N) is 1. The van der Waals surface area contributed by atoms with Crippen LogP contribution in [0.2, 0.25) is 10.0 Å². The number of amides is 2. The molecule has 1 saturated heterocycles. The van der Waals surface area contributed by atoms with Gasteiger partial charge >= 0.3 is 0 Å². The monoisotopic (exact) mass is 420 g/mol. The van der Waals surface area contributed by atoms with Crippen LogP contribution in [-0.4, -0.2) is 29.4 Å². The van der Waals surface area contributed by atoms with Gasteiger partial charge in [-0.15, -0.1) is 0 Å². The third-order valence-corrected chi connectivity index (χ3v) is 5.36. The van der Waals surface area contributed by atoms with Crippen molar-refractivity contribution in [3.8, 4) is 0 Å². The number of morpholine rings is 1. The van der Waals surface area contributed by atoms with Crippen molar-refractivity contribution in [3.05, 3.63) is 69.7 Å². The smallest absolute Gasteiger partial charge is 0.249 e. The number of carbonyl (C=O) groups is 2. The molecule has 0 aromatic heterocycles. The lowest BCUT2D eigenvalue weighted by molar-refractivity contribution is -0.166. The molecule has 2 aromatic carbocycles. The quantitative estimate of drug-likeness (QED) is 0.757. The third-order valence-electron chi connectivity index (χ3n) is 4.88. The zero-order valence-electron chi connectivity index (χ0n) is 15.5. The first-order valence-corrected chi connectivity index (χ1v) is 9.91. The van der Waals surface area contributed by atoms with Crippen molar-refractivity contribution < 1.29 is 14.3 Å². The van der Waals surface area contributed by atoms with Gasteiger partial charge < -0.3 is 15.4 Å². The Kier molecular flexibility index (Phi) is 6.60. The van der Waals surface area contributed by atoms with Crippen LogP contribution in [0.4, 0.5) is 0 Å². The van der Waals surface area contributed by atoms with Crippen LogP contribution in [0.3, 0.4) is 0 Å². The number of rotatable bonds is 6. The molecule has 28 heavy (non-hydrogen) atoms. The Bertz CT molecular complexity index is 857. The number of primary amides is 1. The van der Waals surface area contributed by atoms with Gasteiger partial charge in [0.1, 0.15) is 18.8 Å². The number of halogens is 2. The molecule has 1 aliphatic heterocycles. The average molecular weight is 421 g/mol. The van der Waals surface area contributed by atoms with Crippen molar-refractivity contribution >= 4 is 35.0 Å². The average Bonchev–Trinajstić information content (AvgIpc) is 2.67. The molecule has 0 saturated carbocycles. The molecule has 148 valence electrons. The molecule has 2 aromatic rings. The molecule has 0 unspecified atom stereocenters. The van der Waals surface area contributed by atoms with Gasteiger partial charge in [0.15, 0.2) is 0 Å². The molecule has 0 aliphatic carbocycles. The molecule has 3 atom stereocenters. The van der Waals surface area contributed by atoms with Crippen molar-refractivity contribution in [1.29, 1.82) is 0 Å². The maximum atomic E-state index is 12.9. The van der Waals surface area contributed by atoms with Gasteiger partial charge in [0.05, 0.1) is 6.04 Å². The van der Waals surface area contributed by atoms with E-state index >= 15 is 0 Å². The number of carbonyl (C=O) groups excluding carboxylic acids is 2. The Morgan fingerprint density at radius 2 is 1.89 bits per heavy atom. The highest BCUT2D eigenvalue weighted by molar-refractivity contribution is 6.30. The molecule has 1 heterocycles. The van der Waals surface area contributed by atoms with E-state index in [4.69, 9.17) is 33.7 Å². The summed E-state index contributed by atoms with van der Waals surface area (Å²) in [5.41, 5.74) is 7.31. The standard InChI is InChI=1S/C21H22Cl2N2O3/c1-2-4-17(21(24)27)25-18(26)12-28-20(14-5-3-6-16(23)11-14)19(25)13-7-9-15(22)10-8-13/h3,5-11,17,19-20H,2,4,12H2,1H3,(H2,24,27)/t17-,19+,20-/m0/s1. The van der Waals surface area contributed by atoms with Gasteiger partial charge in [0.2, 0.25) is 11.8 Å². The minimum atomic E-state index is -0.719. The van der Waals surface area contributed by atoms with E-state index in [-0.39, 0.29) is 12.5 Å². The van der Waals surface area contributed by atoms with Gasteiger partial charge in [0.25, 0.3) is 0 Å². The van der Waals surface area contributed by atoms with Gasteiger partial charge in [-0.25, -0.2) is 0 Å². The Morgan fingerprint density at radius 1 is 1.18 bits per heavy atom. The largest absolute Gasteiger partial charge is 0.368 e. The second kappa shape index (κ2) is 8.95. The van der Waals surface area contributed by atoms with Gasteiger partial charge in [-0.05, 0) is 41.8 Å². The molecule has 3 rings (SSSR count). The summed E-state index contributed by atoms with van der Waals surface area (Å²) in [5.74, 6) is -0.795. The second-order valence-electron chi connectivity index (χ2n) is 6.79. The molecule has 5 nitrogen and oxygen atoms in total. The first kappa shape index (κ1) is 20.6. The van der Waals surface area contributed by atoms with Gasteiger partial charge in [0, 0.05) is 10.0 Å². The third kappa shape index (κ3) is 4.32. The minimum absolute atomic E-state index is 0.130. The fourth-order valence-corrected chi connectivity index (χ4v) is 3.97. The summed E-state index contributed by atoms with van der Waals surface area (Å²) in [4.78, 5) is 26.6. The summed E-state index contributed by atoms with van der Waals surface area (Å²) >= 11 is 12.2. The fraction of sp³-hybridized carbons (Fsp3) is 0.333. The summed E-state index contributed by atoms with van der Waals surface area (Å²) in [5, 5.41) is 1.15. The molecule has 0 spiro atoms. The van der Waals surface area contributed by atoms with Gasteiger partial charge in [-0.2, -0.15) is 0 Å². The summed E-state index contributed by atoms with van der Waals surface area (Å²) < 4.78 is 5.93. The Balaban J connectivity index is 2.12. The molecular weight excluding hydrogens is 399 g/mol. The summed E-state index contributed by atoms with van der Waals surface area (Å²) in [6.07, 6.45) is 0.706. The zero-order valence-corrected chi connectivity index (χ0v) is 17.0. The molecular formula is C21H22Cl2N2O3. The highest BCUT2D eigenvalue weighted by Crippen LogP contribution is 2.42. The van der Waals surface area contributed by atoms with Crippen LogP contribution >= 0.6 is 23.2 Å². The minimum Gasteiger partial charge on any atom is -0.368 e. The van der Waals surface area contributed by atoms with Crippen molar-refractivity contribution in [2.24, 2.45) is 5.73 Å². The lowest BCUT2D eigenvalue weighted by Crippen LogP contribution is -2.55. The van der Waals surface area contributed by atoms with E-state index in [1.807, 2.05) is 37.3 Å². The Hall–Kier alpha value is -2.08. The Morgan fingerprint density at radius 3 is 2.50 bits per heavy atom. The lowest BCUT2D eigenvalue weighted by Gasteiger charge is -2.44. The van der Waals surface area contributed by atoms with E-state index in [0.717, 1.165) is 11.1 Å². The normalized spacial score (nSPS) is 20.8. The predicted molar refractivity (Wildman–Crippen MR) is 109 cm³/mol. The van der Waals surface area contributed by atoms with Crippen LogP contribution in [0.1, 0.15) is 43.0 Å². The second-order valence-corrected chi connectivity index (χ2v) is 7.66. The lowest BCUT2D eigenvalue weighted by atomic mass is 9.90. The first-order valence-electron chi connectivity index (χ1n) is 9.15. The molecule has 1 fully saturated rings. The highest BCUT2D eigenvalue weighted by atomic mass is 35.5. The van der Waals surface area contributed by atoms with Crippen LogP contribution in [-0.2, 0) is 14.3 Å².